The van der Waals surface area contributed by atoms with Crippen LogP contribution in [-0.4, -0.2) is 0 Å². The third-order valence-corrected chi connectivity index (χ3v) is 4.28. The molecule has 1 rings (SSSR count). The minimum Gasteiger partial charge on any atom is -1.00 e. The number of pyridine rings is 1. The van der Waals surface area contributed by atoms with E-state index in [0.717, 1.165) is 0 Å². The van der Waals surface area contributed by atoms with Gasteiger partial charge in [-0.25, -0.2) is 4.57 Å². The van der Waals surface area contributed by atoms with Crippen molar-refractivity contribution in [2.75, 3.05) is 0 Å². The summed E-state index contributed by atoms with van der Waals surface area (Å²) in [7, 11) is 0. The molecule has 0 aliphatic rings. The van der Waals surface area contributed by atoms with Gasteiger partial charge in [0.15, 0.2) is 12.4 Å². The molecule has 1 aromatic heterocycles. The summed E-state index contributed by atoms with van der Waals surface area (Å²) in [6.07, 6.45) is 21.5. The van der Waals surface area contributed by atoms with Crippen LogP contribution >= 0.6 is 0 Å². The highest BCUT2D eigenvalue weighted by Gasteiger charge is 1.99. The summed E-state index contributed by atoms with van der Waals surface area (Å²) >= 11 is 0. The lowest BCUT2D eigenvalue weighted by Crippen LogP contribution is -3.00. The third-order valence-electron chi connectivity index (χ3n) is 4.28. The number of hydrogen-bond acceptors (Lipinski definition) is 0. The molecule has 0 saturated heterocycles. The maximum atomic E-state index is 2.33. The van der Waals surface area contributed by atoms with E-state index in [0.29, 0.717) is 0 Å². The molecule has 0 atom stereocenters. The highest BCUT2D eigenvalue weighted by atomic mass is 35.5. The zero-order chi connectivity index (χ0) is 15.2. The number of nitrogens with zero attached hydrogens (tertiary/aromatic N) is 1. The van der Waals surface area contributed by atoms with Crippen molar-refractivity contribution in [3.63, 3.8) is 0 Å². The van der Waals surface area contributed by atoms with Crippen LogP contribution in [-0.2, 0) is 6.54 Å². The lowest BCUT2D eigenvalue weighted by molar-refractivity contribution is -0.697. The zero-order valence-corrected chi connectivity index (χ0v) is 15.6. The summed E-state index contributed by atoms with van der Waals surface area (Å²) in [5, 5.41) is 0. The number of unbranched alkanes of at least 4 members (excludes halogenated alkanes) is 11. The highest BCUT2D eigenvalue weighted by Crippen LogP contribution is 2.11. The number of hydrogen-bond donors (Lipinski definition) is 0. The van der Waals surface area contributed by atoms with Gasteiger partial charge in [-0.15, -0.1) is 0 Å². The van der Waals surface area contributed by atoms with Crippen molar-refractivity contribution < 1.29 is 17.0 Å². The molecule has 0 aliphatic carbocycles. The first kappa shape index (κ1) is 21.4. The van der Waals surface area contributed by atoms with E-state index < -0.39 is 0 Å². The Labute approximate surface area is 144 Å². The Kier molecular flexibility index (Phi) is 14.9. The van der Waals surface area contributed by atoms with Crippen LogP contribution in [0, 0.1) is 6.92 Å². The van der Waals surface area contributed by atoms with E-state index in [9.17, 15) is 0 Å². The fourth-order valence-electron chi connectivity index (χ4n) is 2.93. The van der Waals surface area contributed by atoms with E-state index in [-0.39, 0.29) is 12.4 Å². The van der Waals surface area contributed by atoms with Gasteiger partial charge < -0.3 is 12.4 Å². The molecule has 0 saturated carbocycles. The molecule has 0 bridgehead atoms. The molecule has 22 heavy (non-hydrogen) atoms. The Morgan fingerprint density at radius 3 is 1.77 bits per heavy atom. The van der Waals surface area contributed by atoms with E-state index in [1.165, 1.54) is 89.2 Å². The molecule has 0 unspecified atom stereocenters. The van der Waals surface area contributed by atoms with Gasteiger partial charge in [0.05, 0.1) is 0 Å². The second-order valence-corrected chi connectivity index (χ2v) is 6.51. The SMILES string of the molecule is CCCCCCCCCCCCCC[n+]1cccc(C)c1.[Cl-]. The summed E-state index contributed by atoms with van der Waals surface area (Å²) in [6, 6.07) is 4.31. The standard InChI is InChI=1S/C20H36N.ClH/c1-3-4-5-6-7-8-9-10-11-12-13-14-17-21-18-15-16-20(2)19-21;/h15-16,18-19H,3-14,17H2,1-2H3;1H/q+1;/p-1. The predicted molar refractivity (Wildman–Crippen MR) is 92.5 cm³/mol. The molecule has 0 amide bonds. The lowest BCUT2D eigenvalue weighted by atomic mass is 10.1. The topological polar surface area (TPSA) is 3.88 Å². The number of aryl methyl sites for hydroxylation is 2. The fourth-order valence-corrected chi connectivity index (χ4v) is 2.93. The van der Waals surface area contributed by atoms with E-state index in [1.54, 1.807) is 0 Å². The first-order valence-corrected chi connectivity index (χ1v) is 9.28. The van der Waals surface area contributed by atoms with E-state index in [2.05, 4.69) is 42.9 Å². The summed E-state index contributed by atoms with van der Waals surface area (Å²) in [5.41, 5.74) is 1.36. The van der Waals surface area contributed by atoms with Crippen molar-refractivity contribution >= 4 is 0 Å². The van der Waals surface area contributed by atoms with Crippen molar-refractivity contribution in [1.82, 2.24) is 0 Å². The molecule has 0 N–H and O–H groups in total. The van der Waals surface area contributed by atoms with E-state index >= 15 is 0 Å². The second-order valence-electron chi connectivity index (χ2n) is 6.51. The van der Waals surface area contributed by atoms with Crippen LogP contribution in [0.15, 0.2) is 24.5 Å². The maximum absolute atomic E-state index is 2.33. The van der Waals surface area contributed by atoms with Crippen LogP contribution < -0.4 is 17.0 Å². The Morgan fingerprint density at radius 2 is 1.27 bits per heavy atom. The van der Waals surface area contributed by atoms with Gasteiger partial charge in [0.1, 0.15) is 6.54 Å². The van der Waals surface area contributed by atoms with Crippen molar-refractivity contribution in [2.45, 2.75) is 97.4 Å². The molecule has 0 aliphatic heterocycles. The maximum Gasteiger partial charge on any atom is 0.171 e. The smallest absolute Gasteiger partial charge is 0.171 e. The van der Waals surface area contributed by atoms with Gasteiger partial charge in [-0.2, -0.15) is 0 Å². The number of aromatic nitrogens is 1. The first-order valence-electron chi connectivity index (χ1n) is 9.28. The van der Waals surface area contributed by atoms with Gasteiger partial charge in [-0.05, 0) is 19.4 Å². The molecule has 0 aromatic carbocycles. The molecule has 1 heterocycles. The largest absolute Gasteiger partial charge is 1.00 e. The molecule has 0 fully saturated rings. The van der Waals surface area contributed by atoms with Gasteiger partial charge >= 0.3 is 0 Å². The monoisotopic (exact) mass is 325 g/mol. The summed E-state index contributed by atoms with van der Waals surface area (Å²) in [5.74, 6) is 0. The average Bonchev–Trinajstić information content (AvgIpc) is 2.48. The van der Waals surface area contributed by atoms with Gasteiger partial charge in [0.2, 0.25) is 0 Å². The first-order chi connectivity index (χ1) is 10.3. The Bertz CT molecular complexity index is 351. The van der Waals surface area contributed by atoms with Crippen LogP contribution in [0.2, 0.25) is 0 Å². The number of rotatable bonds is 13. The molecule has 2 heteroatoms. The van der Waals surface area contributed by atoms with Gasteiger partial charge in [0, 0.05) is 18.1 Å². The molecule has 0 spiro atoms. The third kappa shape index (κ3) is 12.0. The van der Waals surface area contributed by atoms with Crippen molar-refractivity contribution in [1.29, 1.82) is 0 Å². The zero-order valence-electron chi connectivity index (χ0n) is 14.8. The normalized spacial score (nSPS) is 10.5. The molecule has 0 radical (unpaired) electrons. The van der Waals surface area contributed by atoms with E-state index in [1.807, 2.05) is 0 Å². The lowest BCUT2D eigenvalue weighted by Gasteiger charge is -2.02. The van der Waals surface area contributed by atoms with E-state index in [4.69, 9.17) is 0 Å². The van der Waals surface area contributed by atoms with Crippen LogP contribution in [0.25, 0.3) is 0 Å². The van der Waals surface area contributed by atoms with Gasteiger partial charge in [-0.3, -0.25) is 0 Å². The second kappa shape index (κ2) is 15.3. The number of halogens is 1. The Hall–Kier alpha value is -0.560. The summed E-state index contributed by atoms with van der Waals surface area (Å²) < 4.78 is 2.33. The minimum atomic E-state index is 0. The van der Waals surface area contributed by atoms with Crippen LogP contribution in [0.3, 0.4) is 0 Å². The average molecular weight is 326 g/mol. The minimum absolute atomic E-state index is 0. The molecular formula is C20H36ClN. The molecule has 1 aromatic rings. The van der Waals surface area contributed by atoms with Gasteiger partial charge in [0.25, 0.3) is 0 Å². The van der Waals surface area contributed by atoms with Crippen LogP contribution in [0.5, 0.6) is 0 Å². The molecular weight excluding hydrogens is 290 g/mol. The van der Waals surface area contributed by atoms with Crippen LogP contribution in [0.1, 0.15) is 89.5 Å². The molecule has 128 valence electrons. The Balaban J connectivity index is 0.00000441. The van der Waals surface area contributed by atoms with Crippen molar-refractivity contribution in [3.05, 3.63) is 30.1 Å². The highest BCUT2D eigenvalue weighted by molar-refractivity contribution is 5.01. The quantitative estimate of drug-likeness (QED) is 0.388. The summed E-state index contributed by atoms with van der Waals surface area (Å²) in [6.45, 7) is 5.63. The Morgan fingerprint density at radius 1 is 0.773 bits per heavy atom. The van der Waals surface area contributed by atoms with Crippen molar-refractivity contribution in [3.8, 4) is 0 Å². The van der Waals surface area contributed by atoms with Crippen LogP contribution in [0.4, 0.5) is 0 Å². The molecule has 1 nitrogen and oxygen atoms in total. The summed E-state index contributed by atoms with van der Waals surface area (Å²) in [4.78, 5) is 0. The van der Waals surface area contributed by atoms with Crippen molar-refractivity contribution in [2.24, 2.45) is 0 Å². The predicted octanol–water partition coefficient (Wildman–Crippen LogP) is 2.99. The fraction of sp³-hybridized carbons (Fsp3) is 0.750. The van der Waals surface area contributed by atoms with Gasteiger partial charge in [-0.1, -0.05) is 71.1 Å².